The molecule has 27 heavy (non-hydrogen) atoms. The van der Waals surface area contributed by atoms with E-state index in [0.717, 1.165) is 22.6 Å². The molecule has 0 saturated carbocycles. The molecule has 0 saturated heterocycles. The monoisotopic (exact) mass is 399 g/mol. The maximum absolute atomic E-state index is 13.0. The van der Waals surface area contributed by atoms with Crippen LogP contribution in [0, 0.1) is 5.41 Å². The highest BCUT2D eigenvalue weighted by atomic mass is 32.2. The summed E-state index contributed by atoms with van der Waals surface area (Å²) in [5, 5.41) is 5.86. The lowest BCUT2D eigenvalue weighted by atomic mass is 9.70. The first kappa shape index (κ1) is 18.3. The average Bonchev–Trinajstić information content (AvgIpc) is 3.11. The maximum atomic E-state index is 13.0. The lowest BCUT2D eigenvalue weighted by Gasteiger charge is -2.38. The highest BCUT2D eigenvalue weighted by molar-refractivity contribution is 7.99. The van der Waals surface area contributed by atoms with E-state index in [0.29, 0.717) is 28.7 Å². The molecule has 0 radical (unpaired) electrons. The minimum Gasteiger partial charge on any atom is -0.343 e. The summed E-state index contributed by atoms with van der Waals surface area (Å²) in [6, 6.07) is 3.94. The van der Waals surface area contributed by atoms with E-state index in [4.69, 9.17) is 0 Å². The van der Waals surface area contributed by atoms with Crippen LogP contribution in [0.1, 0.15) is 43.0 Å². The number of nitrogens with zero attached hydrogens (tertiary/aromatic N) is 1. The van der Waals surface area contributed by atoms with Gasteiger partial charge in [0.15, 0.2) is 10.9 Å². The van der Waals surface area contributed by atoms with E-state index >= 15 is 0 Å². The van der Waals surface area contributed by atoms with Crippen molar-refractivity contribution in [2.24, 2.45) is 5.41 Å². The number of thiophene rings is 1. The van der Waals surface area contributed by atoms with Crippen LogP contribution in [-0.2, 0) is 4.79 Å². The topological polar surface area (TPSA) is 74.8 Å². The Labute approximate surface area is 166 Å². The summed E-state index contributed by atoms with van der Waals surface area (Å²) in [5.74, 6) is 0.986. The number of hydrogen-bond acceptors (Lipinski definition) is 6. The molecule has 0 bridgehead atoms. The van der Waals surface area contributed by atoms with Gasteiger partial charge in [0.25, 0.3) is 5.56 Å². The Morgan fingerprint density at radius 3 is 2.93 bits per heavy atom. The fraction of sp³-hybridized carbons (Fsp3) is 0.350. The molecule has 1 atom stereocenters. The van der Waals surface area contributed by atoms with Gasteiger partial charge in [-0.3, -0.25) is 9.59 Å². The van der Waals surface area contributed by atoms with Crippen LogP contribution in [0.5, 0.6) is 0 Å². The van der Waals surface area contributed by atoms with Crippen LogP contribution in [0.2, 0.25) is 0 Å². The van der Waals surface area contributed by atoms with Crippen molar-refractivity contribution in [3.8, 4) is 0 Å². The SMILES string of the molecule is C=CCSc1nc2c(c(=O)[nH]1)[C@H](c1cccs1)C1=C(CC(C)(C)CC1=O)N2. The van der Waals surface area contributed by atoms with Crippen LogP contribution in [0.15, 0.2) is 51.4 Å². The van der Waals surface area contributed by atoms with E-state index in [1.807, 2.05) is 17.5 Å². The van der Waals surface area contributed by atoms with E-state index in [1.165, 1.54) is 11.8 Å². The number of ketones is 1. The fourth-order valence-electron chi connectivity index (χ4n) is 3.84. The number of aromatic nitrogens is 2. The predicted molar refractivity (Wildman–Crippen MR) is 111 cm³/mol. The average molecular weight is 400 g/mol. The zero-order valence-electron chi connectivity index (χ0n) is 15.3. The van der Waals surface area contributed by atoms with Gasteiger partial charge in [-0.2, -0.15) is 0 Å². The van der Waals surface area contributed by atoms with Crippen molar-refractivity contribution >= 4 is 34.7 Å². The van der Waals surface area contributed by atoms with Crippen molar-refractivity contribution in [2.45, 2.75) is 37.8 Å². The number of Topliss-reactive ketones (excluding diaryl/α,β-unsaturated/α-hetero) is 1. The number of rotatable bonds is 4. The minimum atomic E-state index is -0.352. The first-order valence-corrected chi connectivity index (χ1v) is 10.7. The van der Waals surface area contributed by atoms with E-state index in [-0.39, 0.29) is 22.7 Å². The van der Waals surface area contributed by atoms with Crippen LogP contribution in [0.3, 0.4) is 0 Å². The van der Waals surface area contributed by atoms with Crippen molar-refractivity contribution in [3.05, 3.63) is 62.2 Å². The van der Waals surface area contributed by atoms with E-state index < -0.39 is 0 Å². The molecule has 0 fully saturated rings. The molecule has 0 amide bonds. The van der Waals surface area contributed by atoms with Crippen LogP contribution in [-0.4, -0.2) is 21.5 Å². The summed E-state index contributed by atoms with van der Waals surface area (Å²) in [6.45, 7) is 7.91. The van der Waals surface area contributed by atoms with Gasteiger partial charge in [0.05, 0.1) is 11.5 Å². The van der Waals surface area contributed by atoms with Crippen LogP contribution >= 0.6 is 23.1 Å². The van der Waals surface area contributed by atoms with Gasteiger partial charge in [0, 0.05) is 28.3 Å². The summed E-state index contributed by atoms with van der Waals surface area (Å²) in [4.78, 5) is 34.5. The summed E-state index contributed by atoms with van der Waals surface area (Å²) < 4.78 is 0. The quantitative estimate of drug-likeness (QED) is 0.455. The zero-order chi connectivity index (χ0) is 19.2. The number of aromatic amines is 1. The van der Waals surface area contributed by atoms with E-state index in [1.54, 1.807) is 17.4 Å². The number of nitrogens with one attached hydrogen (secondary N) is 2. The van der Waals surface area contributed by atoms with Crippen LogP contribution < -0.4 is 10.9 Å². The van der Waals surface area contributed by atoms with Gasteiger partial charge >= 0.3 is 0 Å². The van der Waals surface area contributed by atoms with Crippen molar-refractivity contribution in [3.63, 3.8) is 0 Å². The number of carbonyl (C=O) groups is 1. The third kappa shape index (κ3) is 3.30. The van der Waals surface area contributed by atoms with E-state index in [2.05, 4.69) is 35.7 Å². The Bertz CT molecular complexity index is 1000. The molecule has 5 nitrogen and oxygen atoms in total. The highest BCUT2D eigenvalue weighted by Gasteiger charge is 2.42. The molecule has 2 aromatic heterocycles. The molecule has 1 aliphatic carbocycles. The highest BCUT2D eigenvalue weighted by Crippen LogP contribution is 2.48. The third-order valence-corrected chi connectivity index (χ3v) is 6.67. The van der Waals surface area contributed by atoms with Crippen molar-refractivity contribution in [1.29, 1.82) is 0 Å². The van der Waals surface area contributed by atoms with Gasteiger partial charge in [-0.05, 0) is 23.3 Å². The zero-order valence-corrected chi connectivity index (χ0v) is 16.9. The molecule has 140 valence electrons. The molecule has 2 aliphatic rings. The maximum Gasteiger partial charge on any atom is 0.257 e. The van der Waals surface area contributed by atoms with Crippen LogP contribution in [0.25, 0.3) is 0 Å². The Kier molecular flexibility index (Phi) is 4.60. The molecule has 7 heteroatoms. The molecular weight excluding hydrogens is 378 g/mol. The third-order valence-electron chi connectivity index (χ3n) is 4.87. The smallest absolute Gasteiger partial charge is 0.257 e. The second kappa shape index (κ2) is 6.80. The molecule has 2 N–H and O–H groups in total. The number of fused-ring (bicyclic) bond motifs is 1. The summed E-state index contributed by atoms with van der Waals surface area (Å²) in [7, 11) is 0. The Morgan fingerprint density at radius 2 is 2.22 bits per heavy atom. The lowest BCUT2D eigenvalue weighted by Crippen LogP contribution is -2.36. The van der Waals surface area contributed by atoms with Gasteiger partial charge < -0.3 is 10.3 Å². The normalized spacial score (nSPS) is 20.7. The van der Waals surface area contributed by atoms with Crippen molar-refractivity contribution < 1.29 is 4.79 Å². The molecule has 0 spiro atoms. The van der Waals surface area contributed by atoms with Gasteiger partial charge in [-0.1, -0.05) is 37.8 Å². The van der Waals surface area contributed by atoms with Gasteiger partial charge in [-0.15, -0.1) is 17.9 Å². The number of hydrogen-bond donors (Lipinski definition) is 2. The first-order chi connectivity index (χ1) is 12.9. The Balaban J connectivity index is 1.90. The van der Waals surface area contributed by atoms with E-state index in [9.17, 15) is 9.59 Å². The molecule has 0 unspecified atom stereocenters. The molecule has 2 aromatic rings. The van der Waals surface area contributed by atoms with Crippen LogP contribution in [0.4, 0.5) is 5.82 Å². The van der Waals surface area contributed by atoms with Gasteiger partial charge in [0.2, 0.25) is 0 Å². The number of anilines is 1. The Hall–Kier alpha value is -2.12. The summed E-state index contributed by atoms with van der Waals surface area (Å²) in [6.07, 6.45) is 3.03. The number of H-pyrrole nitrogens is 1. The fourth-order valence-corrected chi connectivity index (χ4v) is 5.28. The standard InChI is InChI=1S/C20H21N3O2S2/c1-4-7-27-19-22-17-16(18(25)23-19)15(13-6-5-8-26-13)14-11(21-17)9-20(2,3)10-12(14)24/h4-6,8,15H,1,7,9-10H2,2-3H3,(H2,21,22,23,25)/t15-/m1/s1. The second-order valence-corrected chi connectivity index (χ2v) is 9.63. The van der Waals surface area contributed by atoms with Gasteiger partial charge in [0.1, 0.15) is 5.82 Å². The molecular formula is C20H21N3O2S2. The molecule has 0 aromatic carbocycles. The van der Waals surface area contributed by atoms with Gasteiger partial charge in [-0.25, -0.2) is 4.98 Å². The number of carbonyl (C=O) groups excluding carboxylic acids is 1. The summed E-state index contributed by atoms with van der Waals surface area (Å²) >= 11 is 2.99. The second-order valence-electron chi connectivity index (χ2n) is 7.64. The minimum absolute atomic E-state index is 0.109. The first-order valence-electron chi connectivity index (χ1n) is 8.84. The summed E-state index contributed by atoms with van der Waals surface area (Å²) in [5.41, 5.74) is 1.86. The largest absolute Gasteiger partial charge is 0.343 e. The predicted octanol–water partition coefficient (Wildman–Crippen LogP) is 4.31. The van der Waals surface area contributed by atoms with Crippen molar-refractivity contribution in [2.75, 3.05) is 11.1 Å². The molecule has 4 rings (SSSR count). The molecule has 1 aliphatic heterocycles. The number of thioether (sulfide) groups is 1. The van der Waals surface area contributed by atoms with Crippen molar-refractivity contribution in [1.82, 2.24) is 9.97 Å². The molecule has 3 heterocycles. The lowest BCUT2D eigenvalue weighted by molar-refractivity contribution is -0.118. The Morgan fingerprint density at radius 1 is 1.41 bits per heavy atom. The number of allylic oxidation sites excluding steroid dienone is 2.